The summed E-state index contributed by atoms with van der Waals surface area (Å²) in [7, 11) is 0. The average Bonchev–Trinajstić information content (AvgIpc) is 2.84. The number of nitrogens with one attached hydrogen (secondary N) is 1. The highest BCUT2D eigenvalue weighted by atomic mass is 19.3. The van der Waals surface area contributed by atoms with Gasteiger partial charge in [-0.1, -0.05) is 0 Å². The molecule has 0 saturated carbocycles. The van der Waals surface area contributed by atoms with Crippen LogP contribution in [0.3, 0.4) is 0 Å². The molecule has 1 aromatic carbocycles. The van der Waals surface area contributed by atoms with Gasteiger partial charge in [-0.25, -0.2) is 0 Å². The second-order valence-electron chi connectivity index (χ2n) is 4.25. The molecule has 0 amide bonds. The topological polar surface area (TPSA) is 30.5 Å². The first kappa shape index (κ1) is 13.1. The summed E-state index contributed by atoms with van der Waals surface area (Å²) >= 11 is 0. The first-order valence-corrected chi connectivity index (χ1v) is 6.14. The Balaban J connectivity index is 1.72. The fourth-order valence-electron chi connectivity index (χ4n) is 2.00. The van der Waals surface area contributed by atoms with Gasteiger partial charge >= 0.3 is 6.61 Å². The number of halogens is 2. The Bertz CT molecular complexity index is 351. The summed E-state index contributed by atoms with van der Waals surface area (Å²) in [5, 5.41) is 3.23. The van der Waals surface area contributed by atoms with Crippen molar-refractivity contribution in [1.29, 1.82) is 0 Å². The lowest BCUT2D eigenvalue weighted by molar-refractivity contribution is -0.0498. The molecule has 2 rings (SSSR count). The predicted octanol–water partition coefficient (Wildman–Crippen LogP) is 3.27. The SMILES string of the molecule is FC(F)Oc1ccc(NCCC2CCCO2)cc1. The Kier molecular flexibility index (Phi) is 4.75. The first-order chi connectivity index (χ1) is 8.74. The molecule has 3 nitrogen and oxygen atoms in total. The summed E-state index contributed by atoms with van der Waals surface area (Å²) in [5.74, 6) is 0.176. The lowest BCUT2D eigenvalue weighted by Gasteiger charge is -2.11. The van der Waals surface area contributed by atoms with Crippen LogP contribution in [-0.4, -0.2) is 25.9 Å². The number of alkyl halides is 2. The third kappa shape index (κ3) is 4.14. The minimum Gasteiger partial charge on any atom is -0.435 e. The Hall–Kier alpha value is -1.36. The lowest BCUT2D eigenvalue weighted by atomic mass is 10.2. The standard InChI is InChI=1S/C13H17F2NO2/c14-13(15)18-12-5-3-10(4-6-12)16-8-7-11-2-1-9-17-11/h3-6,11,13,16H,1-2,7-9H2. The zero-order chi connectivity index (χ0) is 12.8. The van der Waals surface area contributed by atoms with E-state index in [2.05, 4.69) is 10.1 Å². The molecule has 1 atom stereocenters. The molecular formula is C13H17F2NO2. The first-order valence-electron chi connectivity index (χ1n) is 6.14. The van der Waals surface area contributed by atoms with E-state index < -0.39 is 6.61 Å². The van der Waals surface area contributed by atoms with Crippen molar-refractivity contribution in [1.82, 2.24) is 0 Å². The van der Waals surface area contributed by atoms with Crippen LogP contribution in [-0.2, 0) is 4.74 Å². The Morgan fingerprint density at radius 3 is 2.72 bits per heavy atom. The van der Waals surface area contributed by atoms with E-state index in [4.69, 9.17) is 4.74 Å². The van der Waals surface area contributed by atoms with Crippen LogP contribution in [0.5, 0.6) is 5.75 Å². The summed E-state index contributed by atoms with van der Waals surface area (Å²) in [6.45, 7) is -1.09. The van der Waals surface area contributed by atoms with Crippen molar-refractivity contribution in [2.75, 3.05) is 18.5 Å². The van der Waals surface area contributed by atoms with E-state index in [0.717, 1.165) is 38.1 Å². The molecule has 0 aromatic heterocycles. The maximum absolute atomic E-state index is 11.9. The van der Waals surface area contributed by atoms with Crippen molar-refractivity contribution in [2.45, 2.75) is 32.0 Å². The second-order valence-corrected chi connectivity index (χ2v) is 4.25. The Labute approximate surface area is 105 Å². The van der Waals surface area contributed by atoms with E-state index in [1.807, 2.05) is 0 Å². The van der Waals surface area contributed by atoms with Gasteiger partial charge in [-0.05, 0) is 43.5 Å². The summed E-state index contributed by atoms with van der Waals surface area (Å²) in [6.07, 6.45) is 3.60. The monoisotopic (exact) mass is 257 g/mol. The van der Waals surface area contributed by atoms with E-state index in [-0.39, 0.29) is 5.75 Å². The summed E-state index contributed by atoms with van der Waals surface area (Å²) in [5.41, 5.74) is 0.898. The number of anilines is 1. The van der Waals surface area contributed by atoms with Crippen molar-refractivity contribution < 1.29 is 18.3 Å². The van der Waals surface area contributed by atoms with Crippen molar-refractivity contribution in [3.63, 3.8) is 0 Å². The number of benzene rings is 1. The van der Waals surface area contributed by atoms with Crippen LogP contribution in [0, 0.1) is 0 Å². The van der Waals surface area contributed by atoms with Crippen molar-refractivity contribution in [3.8, 4) is 5.75 Å². The molecule has 1 unspecified atom stereocenters. The largest absolute Gasteiger partial charge is 0.435 e. The molecule has 100 valence electrons. The highest BCUT2D eigenvalue weighted by Gasteiger charge is 2.14. The van der Waals surface area contributed by atoms with Gasteiger partial charge in [-0.2, -0.15) is 8.78 Å². The van der Waals surface area contributed by atoms with Crippen molar-refractivity contribution in [2.24, 2.45) is 0 Å². The van der Waals surface area contributed by atoms with Crippen molar-refractivity contribution >= 4 is 5.69 Å². The fourth-order valence-corrected chi connectivity index (χ4v) is 2.00. The van der Waals surface area contributed by atoms with E-state index in [1.54, 1.807) is 12.1 Å². The minimum absolute atomic E-state index is 0.176. The molecule has 0 aliphatic carbocycles. The van der Waals surface area contributed by atoms with E-state index in [9.17, 15) is 8.78 Å². The lowest BCUT2D eigenvalue weighted by Crippen LogP contribution is -2.12. The highest BCUT2D eigenvalue weighted by molar-refractivity contribution is 5.46. The predicted molar refractivity (Wildman–Crippen MR) is 65.2 cm³/mol. The quantitative estimate of drug-likeness (QED) is 0.848. The molecular weight excluding hydrogens is 240 g/mol. The third-order valence-corrected chi connectivity index (χ3v) is 2.90. The normalized spacial score (nSPS) is 19.2. The average molecular weight is 257 g/mol. The molecule has 1 saturated heterocycles. The van der Waals surface area contributed by atoms with Crippen LogP contribution >= 0.6 is 0 Å². The van der Waals surface area contributed by atoms with Gasteiger partial charge in [0, 0.05) is 18.8 Å². The number of hydrogen-bond acceptors (Lipinski definition) is 3. The number of rotatable bonds is 6. The van der Waals surface area contributed by atoms with Gasteiger partial charge in [-0.15, -0.1) is 0 Å². The van der Waals surface area contributed by atoms with Crippen LogP contribution < -0.4 is 10.1 Å². The maximum atomic E-state index is 11.9. The molecule has 0 radical (unpaired) electrons. The molecule has 1 fully saturated rings. The van der Waals surface area contributed by atoms with Crippen molar-refractivity contribution in [3.05, 3.63) is 24.3 Å². The highest BCUT2D eigenvalue weighted by Crippen LogP contribution is 2.19. The zero-order valence-electron chi connectivity index (χ0n) is 10.1. The summed E-state index contributed by atoms with van der Waals surface area (Å²) in [4.78, 5) is 0. The molecule has 0 bridgehead atoms. The Morgan fingerprint density at radius 2 is 2.11 bits per heavy atom. The maximum Gasteiger partial charge on any atom is 0.387 e. The molecule has 1 aliphatic heterocycles. The molecule has 5 heteroatoms. The van der Waals surface area contributed by atoms with Crippen LogP contribution in [0.15, 0.2) is 24.3 Å². The van der Waals surface area contributed by atoms with Gasteiger partial charge in [0.1, 0.15) is 5.75 Å². The van der Waals surface area contributed by atoms with Gasteiger partial charge in [-0.3, -0.25) is 0 Å². The van der Waals surface area contributed by atoms with Gasteiger partial charge in [0.25, 0.3) is 0 Å². The van der Waals surface area contributed by atoms with Gasteiger partial charge in [0.05, 0.1) is 6.10 Å². The summed E-state index contributed by atoms with van der Waals surface area (Å²) in [6, 6.07) is 6.52. The Morgan fingerprint density at radius 1 is 1.33 bits per heavy atom. The number of ether oxygens (including phenoxy) is 2. The van der Waals surface area contributed by atoms with Crippen LogP contribution in [0.25, 0.3) is 0 Å². The van der Waals surface area contributed by atoms with Gasteiger partial charge < -0.3 is 14.8 Å². The van der Waals surface area contributed by atoms with Gasteiger partial charge in [0.15, 0.2) is 0 Å². The fraction of sp³-hybridized carbons (Fsp3) is 0.538. The zero-order valence-corrected chi connectivity index (χ0v) is 10.1. The third-order valence-electron chi connectivity index (χ3n) is 2.90. The second kappa shape index (κ2) is 6.54. The van der Waals surface area contributed by atoms with Gasteiger partial charge in [0.2, 0.25) is 0 Å². The smallest absolute Gasteiger partial charge is 0.387 e. The van der Waals surface area contributed by atoms with E-state index >= 15 is 0 Å². The van der Waals surface area contributed by atoms with Crippen LogP contribution in [0.4, 0.5) is 14.5 Å². The molecule has 1 N–H and O–H groups in total. The van der Waals surface area contributed by atoms with Crippen LogP contribution in [0.1, 0.15) is 19.3 Å². The minimum atomic E-state index is -2.77. The molecule has 18 heavy (non-hydrogen) atoms. The molecule has 1 aromatic rings. The molecule has 1 aliphatic rings. The molecule has 1 heterocycles. The summed E-state index contributed by atoms with van der Waals surface area (Å²) < 4.78 is 33.7. The van der Waals surface area contributed by atoms with Crippen LogP contribution in [0.2, 0.25) is 0 Å². The molecule has 0 spiro atoms. The number of hydrogen-bond donors (Lipinski definition) is 1. The van der Waals surface area contributed by atoms with E-state index in [0.29, 0.717) is 6.10 Å². The van der Waals surface area contributed by atoms with E-state index in [1.165, 1.54) is 12.1 Å².